The van der Waals surface area contributed by atoms with Crippen LogP contribution in [-0.4, -0.2) is 25.8 Å². The van der Waals surface area contributed by atoms with Gasteiger partial charge in [-0.2, -0.15) is 4.31 Å². The van der Waals surface area contributed by atoms with E-state index in [2.05, 4.69) is 22.9 Å². The molecule has 0 atom stereocenters. The molecule has 1 aliphatic rings. The fourth-order valence-corrected chi connectivity index (χ4v) is 6.73. The lowest BCUT2D eigenvalue weighted by atomic mass is 9.87. The van der Waals surface area contributed by atoms with E-state index in [1.807, 2.05) is 0 Å². The zero-order valence-electron chi connectivity index (χ0n) is 11.6. The van der Waals surface area contributed by atoms with E-state index in [1.165, 1.54) is 11.3 Å². The minimum atomic E-state index is -3.44. The molecule has 1 aromatic rings. The second-order valence-corrected chi connectivity index (χ2v) is 10.1. The molecule has 0 unspecified atom stereocenters. The molecule has 20 heavy (non-hydrogen) atoms. The molecule has 1 aromatic heterocycles. The minimum Gasteiger partial charge on any atom is -0.207 e. The predicted molar refractivity (Wildman–Crippen MR) is 87.9 cm³/mol. The molecule has 3 nitrogen and oxygen atoms in total. The van der Waals surface area contributed by atoms with Gasteiger partial charge in [0.25, 0.3) is 0 Å². The Balaban J connectivity index is 2.22. The zero-order valence-corrected chi connectivity index (χ0v) is 15.6. The summed E-state index contributed by atoms with van der Waals surface area (Å²) in [6, 6.07) is 1.79. The summed E-state index contributed by atoms with van der Waals surface area (Å²) in [6.07, 6.45) is 4.09. The molecule has 114 valence electrons. The number of rotatable bonds is 4. The van der Waals surface area contributed by atoms with E-state index in [0.29, 0.717) is 20.5 Å². The van der Waals surface area contributed by atoms with Crippen LogP contribution in [0.5, 0.6) is 0 Å². The molecule has 0 aliphatic heterocycles. The van der Waals surface area contributed by atoms with Crippen molar-refractivity contribution in [3.63, 3.8) is 0 Å². The molecule has 0 saturated heterocycles. The lowest BCUT2D eigenvalue weighted by molar-refractivity contribution is 0.246. The highest BCUT2D eigenvalue weighted by molar-refractivity contribution is 9.11. The van der Waals surface area contributed by atoms with Crippen LogP contribution in [0.2, 0.25) is 0 Å². The summed E-state index contributed by atoms with van der Waals surface area (Å²) >= 11 is 10.5. The van der Waals surface area contributed by atoms with Gasteiger partial charge in [0.2, 0.25) is 10.0 Å². The van der Waals surface area contributed by atoms with Gasteiger partial charge in [0, 0.05) is 18.0 Å². The third kappa shape index (κ3) is 3.40. The predicted octanol–water partition coefficient (Wildman–Crippen LogP) is 4.45. The van der Waals surface area contributed by atoms with Crippen LogP contribution in [0.1, 0.15) is 37.5 Å². The molecule has 1 aliphatic carbocycles. The van der Waals surface area contributed by atoms with Crippen LogP contribution in [0.3, 0.4) is 0 Å². The van der Waals surface area contributed by atoms with E-state index in [1.54, 1.807) is 17.4 Å². The van der Waals surface area contributed by atoms with Crippen LogP contribution in [0.25, 0.3) is 0 Å². The standard InChI is InChI=1S/C13H19BrClNO2S2/c1-9-3-5-10(6-4-9)16(2)20(17,18)12-7-11(8-15)19-13(12)14/h7,9-10H,3-6,8H2,1-2H3. The zero-order chi connectivity index (χ0) is 14.9. The molecule has 0 spiro atoms. The van der Waals surface area contributed by atoms with Gasteiger partial charge in [-0.05, 0) is 53.6 Å². The Labute approximate surface area is 138 Å². The van der Waals surface area contributed by atoms with Crippen molar-refractivity contribution >= 4 is 48.9 Å². The van der Waals surface area contributed by atoms with Gasteiger partial charge >= 0.3 is 0 Å². The first-order valence-electron chi connectivity index (χ1n) is 6.68. The fraction of sp³-hybridized carbons (Fsp3) is 0.692. The highest BCUT2D eigenvalue weighted by Crippen LogP contribution is 2.36. The average molecular weight is 401 g/mol. The molecule has 0 amide bonds. The van der Waals surface area contributed by atoms with Crippen molar-refractivity contribution in [2.24, 2.45) is 5.92 Å². The fourth-order valence-electron chi connectivity index (χ4n) is 2.60. The summed E-state index contributed by atoms with van der Waals surface area (Å²) in [6.45, 7) is 2.23. The van der Waals surface area contributed by atoms with Crippen molar-refractivity contribution in [1.29, 1.82) is 0 Å². The van der Waals surface area contributed by atoms with Crippen molar-refractivity contribution in [3.05, 3.63) is 14.7 Å². The molecular weight excluding hydrogens is 382 g/mol. The van der Waals surface area contributed by atoms with Crippen molar-refractivity contribution in [1.82, 2.24) is 4.31 Å². The SMILES string of the molecule is CC1CCC(N(C)S(=O)(=O)c2cc(CCl)sc2Br)CC1. The van der Waals surface area contributed by atoms with Gasteiger partial charge in [-0.1, -0.05) is 6.92 Å². The third-order valence-electron chi connectivity index (χ3n) is 3.99. The lowest BCUT2D eigenvalue weighted by Crippen LogP contribution is -2.39. The summed E-state index contributed by atoms with van der Waals surface area (Å²) in [5.74, 6) is 1.04. The monoisotopic (exact) mass is 399 g/mol. The van der Waals surface area contributed by atoms with E-state index < -0.39 is 10.0 Å². The van der Waals surface area contributed by atoms with E-state index in [0.717, 1.165) is 30.6 Å². The van der Waals surface area contributed by atoms with Crippen LogP contribution < -0.4 is 0 Å². The molecule has 0 bridgehead atoms. The Morgan fingerprint density at radius 2 is 2.00 bits per heavy atom. The topological polar surface area (TPSA) is 37.4 Å². The Morgan fingerprint density at radius 1 is 1.40 bits per heavy atom. The second kappa shape index (κ2) is 6.65. The van der Waals surface area contributed by atoms with Crippen LogP contribution in [0.4, 0.5) is 0 Å². The van der Waals surface area contributed by atoms with Crippen LogP contribution in [0.15, 0.2) is 14.7 Å². The number of hydrogen-bond acceptors (Lipinski definition) is 3. The molecule has 2 rings (SSSR count). The van der Waals surface area contributed by atoms with Gasteiger partial charge in [0.05, 0.1) is 9.67 Å². The van der Waals surface area contributed by atoms with Gasteiger partial charge in [-0.25, -0.2) is 8.42 Å². The Kier molecular flexibility index (Phi) is 5.57. The quantitative estimate of drug-likeness (QED) is 0.700. The smallest absolute Gasteiger partial charge is 0.207 e. The maximum atomic E-state index is 12.7. The van der Waals surface area contributed by atoms with E-state index in [-0.39, 0.29) is 6.04 Å². The highest BCUT2D eigenvalue weighted by Gasteiger charge is 2.32. The maximum absolute atomic E-state index is 12.7. The van der Waals surface area contributed by atoms with Gasteiger partial charge < -0.3 is 0 Å². The Hall–Kier alpha value is 0.380. The maximum Gasteiger partial charge on any atom is 0.245 e. The van der Waals surface area contributed by atoms with Gasteiger partial charge in [-0.15, -0.1) is 22.9 Å². The molecule has 1 saturated carbocycles. The highest BCUT2D eigenvalue weighted by atomic mass is 79.9. The van der Waals surface area contributed by atoms with E-state index in [4.69, 9.17) is 11.6 Å². The van der Waals surface area contributed by atoms with Crippen molar-refractivity contribution in [3.8, 4) is 0 Å². The molecule has 0 radical (unpaired) electrons. The van der Waals surface area contributed by atoms with Crippen molar-refractivity contribution in [2.75, 3.05) is 7.05 Å². The number of nitrogens with zero attached hydrogens (tertiary/aromatic N) is 1. The summed E-state index contributed by atoms with van der Waals surface area (Å²) in [5.41, 5.74) is 0. The van der Waals surface area contributed by atoms with E-state index in [9.17, 15) is 8.42 Å². The number of sulfonamides is 1. The van der Waals surface area contributed by atoms with Crippen molar-refractivity contribution < 1.29 is 8.42 Å². The number of halogens is 2. The summed E-state index contributed by atoms with van der Waals surface area (Å²) in [4.78, 5) is 1.21. The average Bonchev–Trinajstić information content (AvgIpc) is 2.81. The first kappa shape index (κ1) is 16.7. The molecule has 1 heterocycles. The van der Waals surface area contributed by atoms with E-state index >= 15 is 0 Å². The number of hydrogen-bond donors (Lipinski definition) is 0. The molecule has 7 heteroatoms. The minimum absolute atomic E-state index is 0.113. The molecule has 0 N–H and O–H groups in total. The lowest BCUT2D eigenvalue weighted by Gasteiger charge is -2.32. The normalized spacial score (nSPS) is 24.2. The van der Waals surface area contributed by atoms with Crippen LogP contribution in [-0.2, 0) is 15.9 Å². The van der Waals surface area contributed by atoms with Crippen LogP contribution >= 0.6 is 38.9 Å². The van der Waals surface area contributed by atoms with Crippen molar-refractivity contribution in [2.45, 2.75) is 49.4 Å². The number of thiophene rings is 1. The van der Waals surface area contributed by atoms with Gasteiger partial charge in [0.1, 0.15) is 4.90 Å². The number of alkyl halides is 1. The Morgan fingerprint density at radius 3 is 2.50 bits per heavy atom. The largest absolute Gasteiger partial charge is 0.245 e. The van der Waals surface area contributed by atoms with Crippen LogP contribution in [0, 0.1) is 5.92 Å². The first-order valence-corrected chi connectivity index (χ1v) is 10.3. The summed E-state index contributed by atoms with van der Waals surface area (Å²) in [7, 11) is -1.74. The Bertz CT molecular complexity index is 565. The molecule has 0 aromatic carbocycles. The third-order valence-corrected chi connectivity index (χ3v) is 8.60. The molecular formula is C13H19BrClNO2S2. The second-order valence-electron chi connectivity index (χ2n) is 5.42. The van der Waals surface area contributed by atoms with Gasteiger partial charge in [-0.3, -0.25) is 0 Å². The molecule has 1 fully saturated rings. The first-order chi connectivity index (χ1) is 9.36. The van der Waals surface area contributed by atoms with Gasteiger partial charge in [0.15, 0.2) is 0 Å². The summed E-state index contributed by atoms with van der Waals surface area (Å²) < 4.78 is 27.6. The summed E-state index contributed by atoms with van der Waals surface area (Å²) in [5, 5.41) is 0.